The standard InChI is InChI=1S/C25H28F3N7O5/c1-24(2,3)39-23(37)35-12-15(10-16(35)13-34-9-8-29-33-34)30-21(36)22-31-20(32-40-22)19-11-17(38-25(26,27)28)6-7-18(19)14-4-5-14/h6-9,11,14-16H,4-5,10,12-13H2,1-3H3,(H,30,36). The predicted molar refractivity (Wildman–Crippen MR) is 131 cm³/mol. The lowest BCUT2D eigenvalue weighted by Crippen LogP contribution is -2.43. The van der Waals surface area contributed by atoms with E-state index in [-0.39, 0.29) is 30.2 Å². The predicted octanol–water partition coefficient (Wildman–Crippen LogP) is 3.91. The van der Waals surface area contributed by atoms with Crippen LogP contribution >= 0.6 is 0 Å². The van der Waals surface area contributed by atoms with Gasteiger partial charge in [0.2, 0.25) is 5.82 Å². The number of carbonyl (C=O) groups excluding carboxylic acids is 2. The van der Waals surface area contributed by atoms with E-state index in [9.17, 15) is 22.8 Å². The Morgan fingerprint density at radius 1 is 1.20 bits per heavy atom. The van der Waals surface area contributed by atoms with E-state index >= 15 is 0 Å². The number of carbonyl (C=O) groups is 2. The van der Waals surface area contributed by atoms with E-state index in [4.69, 9.17) is 9.26 Å². The lowest BCUT2D eigenvalue weighted by Gasteiger charge is -2.28. The smallest absolute Gasteiger partial charge is 0.444 e. The van der Waals surface area contributed by atoms with Crippen molar-refractivity contribution in [1.82, 2.24) is 35.4 Å². The number of aromatic nitrogens is 5. The molecule has 15 heteroatoms. The van der Waals surface area contributed by atoms with Crippen molar-refractivity contribution < 1.29 is 36.8 Å². The summed E-state index contributed by atoms with van der Waals surface area (Å²) in [5, 5.41) is 14.4. The lowest BCUT2D eigenvalue weighted by molar-refractivity contribution is -0.274. The summed E-state index contributed by atoms with van der Waals surface area (Å²) >= 11 is 0. The third kappa shape index (κ3) is 6.69. The molecule has 2 unspecified atom stereocenters. The van der Waals surface area contributed by atoms with Crippen LogP contribution < -0.4 is 10.1 Å². The zero-order valence-electron chi connectivity index (χ0n) is 22.0. The Labute approximate surface area is 226 Å². The maximum Gasteiger partial charge on any atom is 0.573 e. The molecule has 40 heavy (non-hydrogen) atoms. The van der Waals surface area contributed by atoms with Gasteiger partial charge in [0.05, 0.1) is 18.8 Å². The molecule has 12 nitrogen and oxygen atoms in total. The van der Waals surface area contributed by atoms with Crippen LogP contribution in [-0.4, -0.2) is 72.6 Å². The molecule has 0 spiro atoms. The fraction of sp³-hybridized carbons (Fsp3) is 0.520. The molecular weight excluding hydrogens is 535 g/mol. The van der Waals surface area contributed by atoms with E-state index < -0.39 is 35.8 Å². The summed E-state index contributed by atoms with van der Waals surface area (Å²) in [5.74, 6) is -1.32. The van der Waals surface area contributed by atoms with Gasteiger partial charge in [0.25, 0.3) is 0 Å². The second-order valence-electron chi connectivity index (χ2n) is 10.8. The van der Waals surface area contributed by atoms with Crippen molar-refractivity contribution in [2.24, 2.45) is 0 Å². The highest BCUT2D eigenvalue weighted by molar-refractivity contribution is 5.90. The molecule has 1 aliphatic heterocycles. The van der Waals surface area contributed by atoms with E-state index in [1.807, 2.05) is 0 Å². The van der Waals surface area contributed by atoms with Gasteiger partial charge >= 0.3 is 24.3 Å². The number of rotatable bonds is 7. The van der Waals surface area contributed by atoms with Crippen LogP contribution in [0.1, 0.15) is 62.2 Å². The van der Waals surface area contributed by atoms with Gasteiger partial charge in [-0.1, -0.05) is 16.4 Å². The molecule has 1 saturated heterocycles. The first-order valence-corrected chi connectivity index (χ1v) is 12.7. The maximum absolute atomic E-state index is 13.0. The average Bonchev–Trinajstić information content (AvgIpc) is 3.21. The molecule has 214 valence electrons. The van der Waals surface area contributed by atoms with Crippen molar-refractivity contribution in [1.29, 1.82) is 0 Å². The van der Waals surface area contributed by atoms with Gasteiger partial charge in [-0.05, 0) is 63.6 Å². The fourth-order valence-electron chi connectivity index (χ4n) is 4.63. The number of nitrogens with zero attached hydrogens (tertiary/aromatic N) is 6. The molecule has 1 aliphatic carbocycles. The summed E-state index contributed by atoms with van der Waals surface area (Å²) in [4.78, 5) is 31.6. The highest BCUT2D eigenvalue weighted by Crippen LogP contribution is 2.45. The van der Waals surface area contributed by atoms with Crippen molar-refractivity contribution in [3.63, 3.8) is 0 Å². The topological polar surface area (TPSA) is 138 Å². The molecule has 2 atom stereocenters. The van der Waals surface area contributed by atoms with Gasteiger partial charge in [-0.2, -0.15) is 4.98 Å². The first-order chi connectivity index (χ1) is 18.8. The Hall–Kier alpha value is -4.17. The third-order valence-electron chi connectivity index (χ3n) is 6.38. The van der Waals surface area contributed by atoms with Crippen LogP contribution in [-0.2, 0) is 11.3 Å². The number of ether oxygens (including phenoxy) is 2. The molecule has 0 radical (unpaired) electrons. The Kier molecular flexibility index (Phi) is 7.14. The molecule has 2 aromatic heterocycles. The van der Waals surface area contributed by atoms with Gasteiger partial charge in [0, 0.05) is 24.3 Å². The van der Waals surface area contributed by atoms with Crippen LogP contribution in [0, 0.1) is 0 Å². The molecule has 2 fully saturated rings. The average molecular weight is 564 g/mol. The number of nitrogens with one attached hydrogen (secondary N) is 1. The zero-order chi connectivity index (χ0) is 28.7. The highest BCUT2D eigenvalue weighted by atomic mass is 19.4. The number of hydrogen-bond acceptors (Lipinski definition) is 9. The van der Waals surface area contributed by atoms with Gasteiger partial charge in [-0.25, -0.2) is 4.79 Å². The number of likely N-dealkylation sites (tertiary alicyclic amines) is 1. The Morgan fingerprint density at radius 2 is 1.98 bits per heavy atom. The first kappa shape index (κ1) is 27.4. The van der Waals surface area contributed by atoms with Crippen LogP contribution in [0.25, 0.3) is 11.4 Å². The molecule has 5 rings (SSSR count). The van der Waals surface area contributed by atoms with E-state index in [2.05, 4.69) is 30.5 Å². The minimum absolute atomic E-state index is 0.0227. The van der Waals surface area contributed by atoms with Crippen molar-refractivity contribution in [3.05, 3.63) is 42.0 Å². The van der Waals surface area contributed by atoms with Gasteiger partial charge in [-0.15, -0.1) is 18.3 Å². The number of benzene rings is 1. The molecule has 1 saturated carbocycles. The normalized spacial score (nSPS) is 19.5. The quantitative estimate of drug-likeness (QED) is 0.453. The lowest BCUT2D eigenvalue weighted by atomic mass is 10.0. The van der Waals surface area contributed by atoms with Gasteiger partial charge in [0.1, 0.15) is 11.4 Å². The van der Waals surface area contributed by atoms with Crippen LogP contribution in [0.3, 0.4) is 0 Å². The van der Waals surface area contributed by atoms with Gasteiger partial charge in [0.15, 0.2) is 0 Å². The Bertz CT molecular complexity index is 1370. The van der Waals surface area contributed by atoms with Crippen molar-refractivity contribution in [2.45, 2.75) is 76.5 Å². The summed E-state index contributed by atoms with van der Waals surface area (Å²) in [6, 6.07) is 3.18. The molecule has 2 aliphatic rings. The van der Waals surface area contributed by atoms with Crippen LogP contribution in [0.2, 0.25) is 0 Å². The first-order valence-electron chi connectivity index (χ1n) is 12.7. The van der Waals surface area contributed by atoms with E-state index in [0.717, 1.165) is 18.4 Å². The molecule has 1 aromatic carbocycles. The molecule has 2 amide bonds. The largest absolute Gasteiger partial charge is 0.573 e. The van der Waals surface area contributed by atoms with Crippen LogP contribution in [0.5, 0.6) is 5.75 Å². The highest BCUT2D eigenvalue weighted by Gasteiger charge is 2.39. The van der Waals surface area contributed by atoms with Crippen molar-refractivity contribution >= 4 is 12.0 Å². The summed E-state index contributed by atoms with van der Waals surface area (Å²) in [5.41, 5.74) is 0.344. The third-order valence-corrected chi connectivity index (χ3v) is 6.38. The summed E-state index contributed by atoms with van der Waals surface area (Å²) in [6.45, 7) is 5.80. The second-order valence-corrected chi connectivity index (χ2v) is 10.8. The van der Waals surface area contributed by atoms with E-state index in [1.165, 1.54) is 23.2 Å². The monoisotopic (exact) mass is 563 g/mol. The summed E-state index contributed by atoms with van der Waals surface area (Å²) in [7, 11) is 0. The van der Waals surface area contributed by atoms with Gasteiger partial charge in [-0.3, -0.25) is 9.48 Å². The number of hydrogen-bond donors (Lipinski definition) is 1. The van der Waals surface area contributed by atoms with Crippen molar-refractivity contribution in [3.8, 4) is 17.1 Å². The van der Waals surface area contributed by atoms with Crippen molar-refractivity contribution in [2.75, 3.05) is 6.54 Å². The van der Waals surface area contributed by atoms with E-state index in [0.29, 0.717) is 18.5 Å². The van der Waals surface area contributed by atoms with Gasteiger partial charge < -0.3 is 24.2 Å². The fourth-order valence-corrected chi connectivity index (χ4v) is 4.63. The molecule has 1 N–H and O–H groups in total. The number of halogens is 3. The minimum Gasteiger partial charge on any atom is -0.444 e. The molecular formula is C25H28F3N7O5. The van der Waals surface area contributed by atoms with E-state index in [1.54, 1.807) is 37.7 Å². The molecule has 0 bridgehead atoms. The Balaban J connectivity index is 1.31. The number of amides is 2. The molecule has 3 aromatic rings. The SMILES string of the molecule is CC(C)(C)OC(=O)N1CC(NC(=O)c2nc(-c3cc(OC(F)(F)F)ccc3C3CC3)no2)CC1Cn1ccnn1. The second kappa shape index (κ2) is 10.4. The van der Waals surface area contributed by atoms with Crippen LogP contribution in [0.15, 0.2) is 35.1 Å². The number of alkyl halides is 3. The maximum atomic E-state index is 13.0. The van der Waals surface area contributed by atoms with Crippen LogP contribution in [0.4, 0.5) is 18.0 Å². The molecule has 3 heterocycles. The zero-order valence-corrected chi connectivity index (χ0v) is 22.0. The minimum atomic E-state index is -4.86. The summed E-state index contributed by atoms with van der Waals surface area (Å²) in [6.07, 6.45) is -0.0344. The summed E-state index contributed by atoms with van der Waals surface area (Å²) < 4.78 is 54.7. The Morgan fingerprint density at radius 3 is 2.62 bits per heavy atom.